The van der Waals surface area contributed by atoms with E-state index in [2.05, 4.69) is 10.4 Å². The summed E-state index contributed by atoms with van der Waals surface area (Å²) < 4.78 is 12.2. The van der Waals surface area contributed by atoms with E-state index < -0.39 is 12.1 Å². The van der Waals surface area contributed by atoms with Crippen LogP contribution in [0, 0.1) is 6.92 Å². The van der Waals surface area contributed by atoms with Gasteiger partial charge >= 0.3 is 5.97 Å². The standard InChI is InChI=1S/C22H23N3O4/c1-4-28-22(27)20-13-14-25(24-20)18-9-7-17(8-10-18)23-21(26)16(3)29-19-11-5-15(2)6-12-19/h5-14,16H,4H2,1-3H3,(H,23,26). The number of carbonyl (C=O) groups excluding carboxylic acids is 2. The van der Waals surface area contributed by atoms with Crippen LogP contribution in [0.1, 0.15) is 29.9 Å². The van der Waals surface area contributed by atoms with Gasteiger partial charge < -0.3 is 14.8 Å². The second kappa shape index (κ2) is 9.05. The average molecular weight is 393 g/mol. The van der Waals surface area contributed by atoms with Gasteiger partial charge in [0.05, 0.1) is 12.3 Å². The van der Waals surface area contributed by atoms with Crippen molar-refractivity contribution in [1.29, 1.82) is 0 Å². The molecule has 150 valence electrons. The molecule has 0 saturated carbocycles. The zero-order valence-electron chi connectivity index (χ0n) is 16.6. The predicted molar refractivity (Wildman–Crippen MR) is 109 cm³/mol. The summed E-state index contributed by atoms with van der Waals surface area (Å²) >= 11 is 0. The maximum absolute atomic E-state index is 12.4. The van der Waals surface area contributed by atoms with Gasteiger partial charge in [0.15, 0.2) is 11.8 Å². The Balaban J connectivity index is 1.60. The van der Waals surface area contributed by atoms with Crippen molar-refractivity contribution in [1.82, 2.24) is 9.78 Å². The van der Waals surface area contributed by atoms with Crippen LogP contribution in [0.25, 0.3) is 5.69 Å². The van der Waals surface area contributed by atoms with Crippen LogP contribution in [0.3, 0.4) is 0 Å². The summed E-state index contributed by atoms with van der Waals surface area (Å²) in [5.41, 5.74) is 2.76. The molecule has 1 atom stereocenters. The average Bonchev–Trinajstić information content (AvgIpc) is 3.21. The second-order valence-electron chi connectivity index (χ2n) is 6.48. The maximum Gasteiger partial charge on any atom is 0.358 e. The molecule has 7 heteroatoms. The number of hydrogen-bond acceptors (Lipinski definition) is 5. The molecule has 1 unspecified atom stereocenters. The number of benzene rings is 2. The molecule has 0 aliphatic rings. The summed E-state index contributed by atoms with van der Waals surface area (Å²) in [4.78, 5) is 24.1. The Labute approximate surface area is 169 Å². The minimum atomic E-state index is -0.643. The third kappa shape index (κ3) is 5.22. The molecule has 3 aromatic rings. The third-order valence-electron chi connectivity index (χ3n) is 4.18. The van der Waals surface area contributed by atoms with Crippen molar-refractivity contribution in [2.75, 3.05) is 11.9 Å². The first kappa shape index (κ1) is 20.1. The summed E-state index contributed by atoms with van der Waals surface area (Å²) in [7, 11) is 0. The number of hydrogen-bond donors (Lipinski definition) is 1. The van der Waals surface area contributed by atoms with E-state index in [9.17, 15) is 9.59 Å². The van der Waals surface area contributed by atoms with Gasteiger partial charge in [0, 0.05) is 11.9 Å². The first-order chi connectivity index (χ1) is 14.0. The van der Waals surface area contributed by atoms with Crippen molar-refractivity contribution in [3.05, 3.63) is 72.1 Å². The van der Waals surface area contributed by atoms with Crippen molar-refractivity contribution in [3.8, 4) is 11.4 Å². The molecule has 0 spiro atoms. The summed E-state index contributed by atoms with van der Waals surface area (Å²) in [5, 5.41) is 7.03. The topological polar surface area (TPSA) is 82.5 Å². The van der Waals surface area contributed by atoms with Crippen LogP contribution in [0.2, 0.25) is 0 Å². The van der Waals surface area contributed by atoms with Crippen LogP contribution in [0.15, 0.2) is 60.8 Å². The fourth-order valence-electron chi connectivity index (χ4n) is 2.60. The molecular weight excluding hydrogens is 370 g/mol. The molecule has 0 radical (unpaired) electrons. The first-order valence-electron chi connectivity index (χ1n) is 9.33. The fraction of sp³-hybridized carbons (Fsp3) is 0.227. The van der Waals surface area contributed by atoms with E-state index in [1.54, 1.807) is 55.1 Å². The predicted octanol–water partition coefficient (Wildman–Crippen LogP) is 3.76. The number of rotatable bonds is 7. The normalized spacial score (nSPS) is 11.6. The molecule has 0 fully saturated rings. The molecule has 0 aliphatic carbocycles. The summed E-state index contributed by atoms with van der Waals surface area (Å²) in [6.45, 7) is 5.73. The van der Waals surface area contributed by atoms with Gasteiger partial charge in [-0.3, -0.25) is 4.79 Å². The molecule has 0 saturated heterocycles. The van der Waals surface area contributed by atoms with Gasteiger partial charge in [0.1, 0.15) is 5.75 Å². The Morgan fingerprint density at radius 3 is 2.41 bits per heavy atom. The highest BCUT2D eigenvalue weighted by Crippen LogP contribution is 2.16. The second-order valence-corrected chi connectivity index (χ2v) is 6.48. The van der Waals surface area contributed by atoms with Gasteiger partial charge in [0.2, 0.25) is 0 Å². The number of esters is 1. The van der Waals surface area contributed by atoms with Gasteiger partial charge in [-0.05, 0) is 63.2 Å². The highest BCUT2D eigenvalue weighted by Gasteiger charge is 2.15. The van der Waals surface area contributed by atoms with E-state index >= 15 is 0 Å². The van der Waals surface area contributed by atoms with E-state index in [0.717, 1.165) is 11.3 Å². The van der Waals surface area contributed by atoms with Crippen molar-refractivity contribution in [3.63, 3.8) is 0 Å². The largest absolute Gasteiger partial charge is 0.481 e. The Hall–Kier alpha value is -3.61. The van der Waals surface area contributed by atoms with Crippen LogP contribution in [0.4, 0.5) is 5.69 Å². The number of aromatic nitrogens is 2. The van der Waals surface area contributed by atoms with Gasteiger partial charge in [-0.25, -0.2) is 9.48 Å². The minimum Gasteiger partial charge on any atom is -0.481 e. The molecule has 1 heterocycles. The number of nitrogens with zero attached hydrogens (tertiary/aromatic N) is 2. The van der Waals surface area contributed by atoms with Crippen LogP contribution in [0.5, 0.6) is 5.75 Å². The molecule has 1 N–H and O–H groups in total. The fourth-order valence-corrected chi connectivity index (χ4v) is 2.60. The number of aryl methyl sites for hydroxylation is 1. The number of carbonyl (C=O) groups is 2. The lowest BCUT2D eigenvalue weighted by atomic mass is 10.2. The summed E-state index contributed by atoms with van der Waals surface area (Å²) in [6, 6.07) is 16.2. The first-order valence-corrected chi connectivity index (χ1v) is 9.33. The lowest BCUT2D eigenvalue weighted by Gasteiger charge is -2.15. The van der Waals surface area contributed by atoms with E-state index in [0.29, 0.717) is 18.0 Å². The van der Waals surface area contributed by atoms with Gasteiger partial charge in [0.25, 0.3) is 5.91 Å². The monoisotopic (exact) mass is 393 g/mol. The molecule has 0 aliphatic heterocycles. The zero-order chi connectivity index (χ0) is 20.8. The van der Waals surface area contributed by atoms with Crippen molar-refractivity contribution < 1.29 is 19.1 Å². The van der Waals surface area contributed by atoms with E-state index in [1.165, 1.54) is 0 Å². The number of ether oxygens (including phenoxy) is 2. The molecule has 29 heavy (non-hydrogen) atoms. The minimum absolute atomic E-state index is 0.242. The van der Waals surface area contributed by atoms with Crippen LogP contribution < -0.4 is 10.1 Å². The lowest BCUT2D eigenvalue weighted by molar-refractivity contribution is -0.122. The van der Waals surface area contributed by atoms with Crippen molar-refractivity contribution in [2.45, 2.75) is 26.9 Å². The smallest absolute Gasteiger partial charge is 0.358 e. The molecule has 1 amide bonds. The molecule has 3 rings (SSSR count). The van der Waals surface area contributed by atoms with Crippen LogP contribution >= 0.6 is 0 Å². The summed E-state index contributed by atoms with van der Waals surface area (Å²) in [6.07, 6.45) is 1.03. The molecule has 1 aromatic heterocycles. The Kier molecular flexibility index (Phi) is 6.29. The van der Waals surface area contributed by atoms with Crippen LogP contribution in [-0.4, -0.2) is 34.4 Å². The van der Waals surface area contributed by atoms with E-state index in [4.69, 9.17) is 9.47 Å². The van der Waals surface area contributed by atoms with Gasteiger partial charge in [-0.15, -0.1) is 0 Å². The maximum atomic E-state index is 12.4. The highest BCUT2D eigenvalue weighted by atomic mass is 16.5. The summed E-state index contributed by atoms with van der Waals surface area (Å²) in [5.74, 6) is -0.0654. The Morgan fingerprint density at radius 1 is 1.07 bits per heavy atom. The number of amides is 1. The number of nitrogens with one attached hydrogen (secondary N) is 1. The quantitative estimate of drug-likeness (QED) is 0.618. The van der Waals surface area contributed by atoms with E-state index in [-0.39, 0.29) is 11.6 Å². The Morgan fingerprint density at radius 2 is 1.76 bits per heavy atom. The molecule has 2 aromatic carbocycles. The van der Waals surface area contributed by atoms with Crippen LogP contribution in [-0.2, 0) is 9.53 Å². The lowest BCUT2D eigenvalue weighted by Crippen LogP contribution is -2.30. The van der Waals surface area contributed by atoms with Crippen molar-refractivity contribution >= 4 is 17.6 Å². The zero-order valence-corrected chi connectivity index (χ0v) is 16.6. The van der Waals surface area contributed by atoms with Crippen molar-refractivity contribution in [2.24, 2.45) is 0 Å². The highest BCUT2D eigenvalue weighted by molar-refractivity contribution is 5.94. The molecule has 0 bridgehead atoms. The van der Waals surface area contributed by atoms with E-state index in [1.807, 2.05) is 31.2 Å². The third-order valence-corrected chi connectivity index (χ3v) is 4.18. The van der Waals surface area contributed by atoms with Gasteiger partial charge in [-0.1, -0.05) is 17.7 Å². The number of anilines is 1. The Bertz CT molecular complexity index is 978. The molecule has 7 nitrogen and oxygen atoms in total. The van der Waals surface area contributed by atoms with Gasteiger partial charge in [-0.2, -0.15) is 5.10 Å². The SMILES string of the molecule is CCOC(=O)c1ccn(-c2ccc(NC(=O)C(C)Oc3ccc(C)cc3)cc2)n1. The molecular formula is C22H23N3O4.